The fraction of sp³-hybridized carbons (Fsp3) is 0.133. The lowest BCUT2D eigenvalue weighted by atomic mass is 10.2. The molecule has 0 aliphatic rings. The monoisotopic (exact) mass is 288 g/mol. The van der Waals surface area contributed by atoms with Gasteiger partial charge in [0.15, 0.2) is 5.13 Å². The first kappa shape index (κ1) is 12.9. The van der Waals surface area contributed by atoms with E-state index < -0.39 is 0 Å². The van der Waals surface area contributed by atoms with Gasteiger partial charge in [0.05, 0.1) is 17.3 Å². The molecule has 3 nitrogen and oxygen atoms in total. The highest BCUT2D eigenvalue weighted by atomic mass is 32.1. The van der Waals surface area contributed by atoms with Crippen molar-refractivity contribution < 1.29 is 9.13 Å². The number of ether oxygens (including phenoxy) is 1. The summed E-state index contributed by atoms with van der Waals surface area (Å²) >= 11 is 1.51. The van der Waals surface area contributed by atoms with Gasteiger partial charge in [-0.1, -0.05) is 29.5 Å². The van der Waals surface area contributed by atoms with Crippen LogP contribution < -0.4 is 10.1 Å². The average molecular weight is 288 g/mol. The number of hydrogen-bond acceptors (Lipinski definition) is 4. The van der Waals surface area contributed by atoms with E-state index in [1.54, 1.807) is 13.2 Å². The van der Waals surface area contributed by atoms with Gasteiger partial charge < -0.3 is 10.1 Å². The minimum absolute atomic E-state index is 0.265. The number of anilines is 1. The van der Waals surface area contributed by atoms with E-state index in [1.807, 2.05) is 24.3 Å². The van der Waals surface area contributed by atoms with Crippen molar-refractivity contribution in [3.05, 3.63) is 53.8 Å². The Balaban J connectivity index is 1.79. The van der Waals surface area contributed by atoms with E-state index in [2.05, 4.69) is 10.3 Å². The molecule has 3 rings (SSSR count). The van der Waals surface area contributed by atoms with Gasteiger partial charge in [-0.15, -0.1) is 0 Å². The topological polar surface area (TPSA) is 34.1 Å². The second kappa shape index (κ2) is 5.46. The molecule has 5 heteroatoms. The molecule has 0 bridgehead atoms. The van der Waals surface area contributed by atoms with E-state index in [0.717, 1.165) is 21.1 Å². The summed E-state index contributed by atoms with van der Waals surface area (Å²) in [7, 11) is 1.65. The molecule has 2 aromatic carbocycles. The number of hydrogen-bond donors (Lipinski definition) is 1. The average Bonchev–Trinajstić information content (AvgIpc) is 2.87. The van der Waals surface area contributed by atoms with E-state index in [4.69, 9.17) is 4.74 Å². The third-order valence-corrected chi connectivity index (χ3v) is 3.97. The van der Waals surface area contributed by atoms with Crippen molar-refractivity contribution in [3.8, 4) is 5.75 Å². The molecular weight excluding hydrogens is 275 g/mol. The van der Waals surface area contributed by atoms with Crippen molar-refractivity contribution in [1.29, 1.82) is 0 Å². The minimum atomic E-state index is -0.265. The number of benzene rings is 2. The number of fused-ring (bicyclic) bond motifs is 1. The van der Waals surface area contributed by atoms with Crippen LogP contribution in [0.25, 0.3) is 10.2 Å². The number of nitrogens with one attached hydrogen (secondary N) is 1. The maximum atomic E-state index is 13.1. The number of halogens is 1. The first-order chi connectivity index (χ1) is 9.76. The van der Waals surface area contributed by atoms with Gasteiger partial charge in [-0.25, -0.2) is 9.37 Å². The molecule has 0 radical (unpaired) electrons. The highest BCUT2D eigenvalue weighted by molar-refractivity contribution is 7.22. The Labute approximate surface area is 120 Å². The second-order valence-corrected chi connectivity index (χ2v) is 5.33. The van der Waals surface area contributed by atoms with Crippen LogP contribution in [0.3, 0.4) is 0 Å². The van der Waals surface area contributed by atoms with E-state index in [-0.39, 0.29) is 5.82 Å². The van der Waals surface area contributed by atoms with Crippen molar-refractivity contribution in [2.45, 2.75) is 6.54 Å². The van der Waals surface area contributed by atoms with Gasteiger partial charge in [0.25, 0.3) is 0 Å². The fourth-order valence-electron chi connectivity index (χ4n) is 2.00. The molecule has 0 saturated carbocycles. The van der Waals surface area contributed by atoms with Gasteiger partial charge in [0.2, 0.25) is 0 Å². The van der Waals surface area contributed by atoms with Crippen LogP contribution in [0.15, 0.2) is 42.5 Å². The summed E-state index contributed by atoms with van der Waals surface area (Å²) in [4.78, 5) is 4.37. The molecule has 0 aliphatic heterocycles. The number of nitrogens with zero attached hydrogens (tertiary/aromatic N) is 1. The van der Waals surface area contributed by atoms with Gasteiger partial charge in [-0.05, 0) is 18.2 Å². The fourth-order valence-corrected chi connectivity index (χ4v) is 2.84. The Hall–Kier alpha value is -2.14. The van der Waals surface area contributed by atoms with Crippen LogP contribution in [-0.2, 0) is 6.54 Å². The number of thiazole rings is 1. The SMILES string of the molecule is COc1ccccc1CNc1nc2cc(F)ccc2s1. The van der Waals surface area contributed by atoms with Crippen molar-refractivity contribution >= 4 is 26.7 Å². The first-order valence-corrected chi connectivity index (χ1v) is 7.00. The summed E-state index contributed by atoms with van der Waals surface area (Å²) in [6.45, 7) is 0.617. The van der Waals surface area contributed by atoms with Crippen LogP contribution in [0, 0.1) is 5.82 Å². The number of rotatable bonds is 4. The highest BCUT2D eigenvalue weighted by Gasteiger charge is 2.06. The van der Waals surface area contributed by atoms with Crippen LogP contribution in [0.4, 0.5) is 9.52 Å². The standard InChI is InChI=1S/C15H13FN2OS/c1-19-13-5-3-2-4-10(13)9-17-15-18-12-8-11(16)6-7-14(12)20-15/h2-8H,9H2,1H3,(H,17,18). The summed E-state index contributed by atoms with van der Waals surface area (Å²) in [6.07, 6.45) is 0. The molecule has 1 aromatic heterocycles. The molecule has 0 saturated heterocycles. The van der Waals surface area contributed by atoms with E-state index in [9.17, 15) is 4.39 Å². The zero-order chi connectivity index (χ0) is 13.9. The van der Waals surface area contributed by atoms with Crippen molar-refractivity contribution in [1.82, 2.24) is 4.98 Å². The zero-order valence-corrected chi connectivity index (χ0v) is 11.7. The molecule has 102 valence electrons. The van der Waals surface area contributed by atoms with Crippen LogP contribution >= 0.6 is 11.3 Å². The molecule has 1 heterocycles. The summed E-state index contributed by atoms with van der Waals surface area (Å²) < 4.78 is 19.4. The van der Waals surface area contributed by atoms with Crippen molar-refractivity contribution in [2.24, 2.45) is 0 Å². The number of aromatic nitrogens is 1. The highest BCUT2D eigenvalue weighted by Crippen LogP contribution is 2.27. The van der Waals surface area contributed by atoms with Crippen molar-refractivity contribution in [2.75, 3.05) is 12.4 Å². The van der Waals surface area contributed by atoms with Crippen LogP contribution in [0.5, 0.6) is 5.75 Å². The molecule has 1 N–H and O–H groups in total. The third-order valence-electron chi connectivity index (χ3n) is 2.97. The quantitative estimate of drug-likeness (QED) is 0.786. The molecule has 0 unspecified atom stereocenters. The largest absolute Gasteiger partial charge is 0.496 e. The molecular formula is C15H13FN2OS. The van der Waals surface area contributed by atoms with E-state index in [0.29, 0.717) is 12.1 Å². The van der Waals surface area contributed by atoms with Crippen LogP contribution in [0.2, 0.25) is 0 Å². The van der Waals surface area contributed by atoms with Crippen molar-refractivity contribution in [3.63, 3.8) is 0 Å². The van der Waals surface area contributed by atoms with E-state index in [1.165, 1.54) is 23.5 Å². The lowest BCUT2D eigenvalue weighted by molar-refractivity contribution is 0.410. The van der Waals surface area contributed by atoms with Gasteiger partial charge >= 0.3 is 0 Å². The van der Waals surface area contributed by atoms with Crippen LogP contribution in [-0.4, -0.2) is 12.1 Å². The summed E-state index contributed by atoms with van der Waals surface area (Å²) in [5.74, 6) is 0.575. The predicted octanol–water partition coefficient (Wildman–Crippen LogP) is 4.06. The molecule has 0 atom stereocenters. The minimum Gasteiger partial charge on any atom is -0.496 e. The Kier molecular flexibility index (Phi) is 3.52. The number of methoxy groups -OCH3 is 1. The van der Waals surface area contributed by atoms with Gasteiger partial charge in [-0.2, -0.15) is 0 Å². The molecule has 0 spiro atoms. The van der Waals surface area contributed by atoms with Gasteiger partial charge in [-0.3, -0.25) is 0 Å². The Morgan fingerprint density at radius 2 is 2.10 bits per heavy atom. The Bertz CT molecular complexity index is 742. The van der Waals surface area contributed by atoms with E-state index >= 15 is 0 Å². The maximum Gasteiger partial charge on any atom is 0.184 e. The zero-order valence-electron chi connectivity index (χ0n) is 10.9. The Morgan fingerprint density at radius 1 is 1.25 bits per heavy atom. The smallest absolute Gasteiger partial charge is 0.184 e. The second-order valence-electron chi connectivity index (χ2n) is 4.30. The maximum absolute atomic E-state index is 13.1. The lowest BCUT2D eigenvalue weighted by Gasteiger charge is -2.08. The predicted molar refractivity (Wildman–Crippen MR) is 79.9 cm³/mol. The molecule has 20 heavy (non-hydrogen) atoms. The molecule has 0 amide bonds. The molecule has 0 aliphatic carbocycles. The van der Waals surface area contributed by atoms with Crippen LogP contribution in [0.1, 0.15) is 5.56 Å². The summed E-state index contributed by atoms with van der Waals surface area (Å²) in [5, 5.41) is 4.02. The summed E-state index contributed by atoms with van der Waals surface area (Å²) in [5.41, 5.74) is 1.73. The number of para-hydroxylation sites is 1. The Morgan fingerprint density at radius 3 is 2.95 bits per heavy atom. The lowest BCUT2D eigenvalue weighted by Crippen LogP contribution is -2.00. The molecule has 3 aromatic rings. The molecule has 0 fully saturated rings. The van der Waals surface area contributed by atoms with Gasteiger partial charge in [0.1, 0.15) is 11.6 Å². The third kappa shape index (κ3) is 2.58. The summed E-state index contributed by atoms with van der Waals surface area (Å²) in [6, 6.07) is 12.5. The van der Waals surface area contributed by atoms with Gasteiger partial charge in [0, 0.05) is 18.2 Å². The normalized spacial score (nSPS) is 10.7. The first-order valence-electron chi connectivity index (χ1n) is 6.18.